The Bertz CT molecular complexity index is 208. The van der Waals surface area contributed by atoms with E-state index in [-0.39, 0.29) is 0 Å². The fourth-order valence-electron chi connectivity index (χ4n) is 0.527. The number of nitrogens with one attached hydrogen (secondary N) is 1. The molecule has 0 unspecified atom stereocenters. The average molecular weight is 145 g/mol. The Hall–Kier alpha value is -0.830. The summed E-state index contributed by atoms with van der Waals surface area (Å²) in [5, 5.41) is 6.58. The van der Waals surface area contributed by atoms with Crippen LogP contribution >= 0.6 is 11.6 Å². The van der Waals surface area contributed by atoms with Gasteiger partial charge in [-0.1, -0.05) is 11.6 Å². The lowest BCUT2D eigenvalue weighted by atomic mass is 10.3. The van der Waals surface area contributed by atoms with Gasteiger partial charge in [-0.25, -0.2) is 0 Å². The third-order valence-electron chi connectivity index (χ3n) is 0.968. The molecule has 0 radical (unpaired) electrons. The van der Waals surface area contributed by atoms with Crippen molar-refractivity contribution < 1.29 is 4.79 Å². The molecule has 9 heavy (non-hydrogen) atoms. The number of hydrogen-bond donors (Lipinski definition) is 1. The average Bonchev–Trinajstić information content (AvgIpc) is 2.18. The summed E-state index contributed by atoms with van der Waals surface area (Å²) >= 11 is 5.54. The third kappa shape index (κ3) is 1.29. The normalized spacial score (nSPS) is 9.44. The molecule has 0 saturated carbocycles. The number of carbonyl (C=O) groups excluding carboxylic acids is 1. The summed E-state index contributed by atoms with van der Waals surface area (Å²) in [5.41, 5.74) is 0.742. The Morgan fingerprint density at radius 3 is 3.11 bits per heavy atom. The summed E-state index contributed by atoms with van der Waals surface area (Å²) in [6, 6.07) is 0. The van der Waals surface area contributed by atoms with Crippen molar-refractivity contribution in [1.82, 2.24) is 10.2 Å². The van der Waals surface area contributed by atoms with Gasteiger partial charge in [0.25, 0.3) is 0 Å². The second kappa shape index (κ2) is 2.64. The zero-order valence-electron chi connectivity index (χ0n) is 4.60. The van der Waals surface area contributed by atoms with Crippen molar-refractivity contribution in [2.24, 2.45) is 0 Å². The minimum atomic E-state index is 0.329. The van der Waals surface area contributed by atoms with Crippen molar-refractivity contribution >= 4 is 17.9 Å². The van der Waals surface area contributed by atoms with Gasteiger partial charge in [0, 0.05) is 12.0 Å². The summed E-state index contributed by atoms with van der Waals surface area (Å²) < 4.78 is 0. The fourth-order valence-corrected chi connectivity index (χ4v) is 0.702. The molecule has 4 heteroatoms. The van der Waals surface area contributed by atoms with E-state index in [4.69, 9.17) is 11.6 Å². The van der Waals surface area contributed by atoms with Crippen molar-refractivity contribution in [3.05, 3.63) is 16.9 Å². The van der Waals surface area contributed by atoms with E-state index in [0.717, 1.165) is 11.8 Å². The highest BCUT2D eigenvalue weighted by Gasteiger charge is 1.98. The van der Waals surface area contributed by atoms with Crippen LogP contribution in [0.25, 0.3) is 0 Å². The van der Waals surface area contributed by atoms with E-state index in [2.05, 4.69) is 10.2 Å². The van der Waals surface area contributed by atoms with Gasteiger partial charge in [0.1, 0.15) is 11.4 Å². The van der Waals surface area contributed by atoms with E-state index in [1.165, 1.54) is 6.20 Å². The number of aromatic nitrogens is 2. The first-order valence-electron chi connectivity index (χ1n) is 2.46. The molecule has 0 aliphatic rings. The molecule has 1 aromatic heterocycles. The molecule has 1 N–H and O–H groups in total. The predicted molar refractivity (Wildman–Crippen MR) is 33.4 cm³/mol. The lowest BCUT2D eigenvalue weighted by molar-refractivity contribution is -0.107. The highest BCUT2D eigenvalue weighted by molar-refractivity contribution is 6.30. The Kier molecular flexibility index (Phi) is 1.85. The Balaban J connectivity index is 2.80. The minimum Gasteiger partial charge on any atom is -0.303 e. The van der Waals surface area contributed by atoms with E-state index in [0.29, 0.717) is 11.6 Å². The van der Waals surface area contributed by atoms with Gasteiger partial charge in [-0.2, -0.15) is 5.10 Å². The zero-order chi connectivity index (χ0) is 6.69. The van der Waals surface area contributed by atoms with Crippen LogP contribution in [0.4, 0.5) is 0 Å². The highest BCUT2D eigenvalue weighted by Crippen LogP contribution is 2.09. The van der Waals surface area contributed by atoms with Crippen LogP contribution in [0.2, 0.25) is 5.15 Å². The van der Waals surface area contributed by atoms with Gasteiger partial charge in [-0.3, -0.25) is 5.10 Å². The molecule has 0 fully saturated rings. The quantitative estimate of drug-likeness (QED) is 0.625. The Morgan fingerprint density at radius 1 is 1.89 bits per heavy atom. The maximum atomic E-state index is 9.92. The van der Waals surface area contributed by atoms with E-state index in [1.807, 2.05) is 0 Å². The van der Waals surface area contributed by atoms with Crippen LogP contribution in [0.1, 0.15) is 5.56 Å². The van der Waals surface area contributed by atoms with Crippen LogP contribution in [0.3, 0.4) is 0 Å². The number of carbonyl (C=O) groups is 1. The predicted octanol–water partition coefficient (Wildman–Crippen LogP) is 0.804. The van der Waals surface area contributed by atoms with Crippen LogP contribution in [-0.2, 0) is 11.2 Å². The molecule has 48 valence electrons. The first-order chi connectivity index (χ1) is 4.34. The van der Waals surface area contributed by atoms with Gasteiger partial charge in [-0.15, -0.1) is 0 Å². The lowest BCUT2D eigenvalue weighted by Crippen LogP contribution is -1.81. The topological polar surface area (TPSA) is 45.8 Å². The van der Waals surface area contributed by atoms with Gasteiger partial charge < -0.3 is 4.79 Å². The molecule has 0 spiro atoms. The molecule has 1 rings (SSSR count). The molecule has 1 heterocycles. The van der Waals surface area contributed by atoms with Crippen molar-refractivity contribution in [1.29, 1.82) is 0 Å². The molecule has 0 aliphatic carbocycles. The maximum absolute atomic E-state index is 9.92. The zero-order valence-corrected chi connectivity index (χ0v) is 5.35. The molecule has 0 aromatic carbocycles. The van der Waals surface area contributed by atoms with Crippen molar-refractivity contribution in [2.75, 3.05) is 0 Å². The van der Waals surface area contributed by atoms with Crippen molar-refractivity contribution in [3.8, 4) is 0 Å². The lowest BCUT2D eigenvalue weighted by Gasteiger charge is -1.83. The van der Waals surface area contributed by atoms with Gasteiger partial charge in [0.2, 0.25) is 0 Å². The molecule has 0 aliphatic heterocycles. The summed E-state index contributed by atoms with van der Waals surface area (Å²) in [4.78, 5) is 9.92. The molecule has 3 nitrogen and oxygen atoms in total. The number of nitrogens with zero attached hydrogens (tertiary/aromatic N) is 1. The fraction of sp³-hybridized carbons (Fsp3) is 0.200. The molecule has 1 aromatic rings. The molecule has 0 saturated heterocycles. The summed E-state index contributed by atoms with van der Waals surface area (Å²) in [6.45, 7) is 0. The number of halogens is 1. The Labute approximate surface area is 57.0 Å². The van der Waals surface area contributed by atoms with Crippen LogP contribution in [0.5, 0.6) is 0 Å². The standard InChI is InChI=1S/C5H5ClN2O/c6-5-4(1-2-9)3-7-8-5/h2-3H,1H2,(H,7,8). The van der Waals surface area contributed by atoms with E-state index in [9.17, 15) is 4.79 Å². The van der Waals surface area contributed by atoms with E-state index >= 15 is 0 Å². The number of hydrogen-bond acceptors (Lipinski definition) is 2. The molecule has 0 atom stereocenters. The summed E-state index contributed by atoms with van der Waals surface area (Å²) in [5.74, 6) is 0. The first-order valence-corrected chi connectivity index (χ1v) is 2.83. The molecular weight excluding hydrogens is 140 g/mol. The SMILES string of the molecule is O=CCc1cn[nH]c1Cl. The van der Waals surface area contributed by atoms with E-state index < -0.39 is 0 Å². The largest absolute Gasteiger partial charge is 0.303 e. The van der Waals surface area contributed by atoms with E-state index in [1.54, 1.807) is 0 Å². The highest BCUT2D eigenvalue weighted by atomic mass is 35.5. The summed E-state index contributed by atoms with van der Waals surface area (Å²) in [6.07, 6.45) is 2.66. The minimum absolute atomic E-state index is 0.329. The second-order valence-corrected chi connectivity index (χ2v) is 1.96. The number of H-pyrrole nitrogens is 1. The maximum Gasteiger partial charge on any atom is 0.127 e. The van der Waals surface area contributed by atoms with Gasteiger partial charge in [0.05, 0.1) is 6.20 Å². The van der Waals surface area contributed by atoms with Crippen LogP contribution in [-0.4, -0.2) is 16.5 Å². The Morgan fingerprint density at radius 2 is 2.67 bits per heavy atom. The molecular formula is C5H5ClN2O. The summed E-state index contributed by atoms with van der Waals surface area (Å²) in [7, 11) is 0. The molecule has 0 amide bonds. The van der Waals surface area contributed by atoms with Crippen LogP contribution in [0.15, 0.2) is 6.20 Å². The monoisotopic (exact) mass is 144 g/mol. The second-order valence-electron chi connectivity index (χ2n) is 1.58. The smallest absolute Gasteiger partial charge is 0.127 e. The van der Waals surface area contributed by atoms with Crippen LogP contribution < -0.4 is 0 Å². The van der Waals surface area contributed by atoms with Crippen LogP contribution in [0, 0.1) is 0 Å². The third-order valence-corrected chi connectivity index (χ3v) is 1.30. The number of rotatable bonds is 2. The van der Waals surface area contributed by atoms with Crippen molar-refractivity contribution in [2.45, 2.75) is 6.42 Å². The van der Waals surface area contributed by atoms with Gasteiger partial charge >= 0.3 is 0 Å². The number of aldehydes is 1. The first kappa shape index (κ1) is 6.29. The van der Waals surface area contributed by atoms with Gasteiger partial charge in [-0.05, 0) is 0 Å². The van der Waals surface area contributed by atoms with Crippen molar-refractivity contribution in [3.63, 3.8) is 0 Å². The van der Waals surface area contributed by atoms with Gasteiger partial charge in [0.15, 0.2) is 0 Å². The number of aromatic amines is 1. The molecule has 0 bridgehead atoms.